The fourth-order valence-electron chi connectivity index (χ4n) is 4.09. The molecule has 2 N–H and O–H groups in total. The second-order valence-corrected chi connectivity index (χ2v) is 8.30. The van der Waals surface area contributed by atoms with E-state index in [9.17, 15) is 9.59 Å². The summed E-state index contributed by atoms with van der Waals surface area (Å²) in [7, 11) is 0. The van der Waals surface area contributed by atoms with Crippen molar-refractivity contribution in [3.8, 4) is 0 Å². The minimum absolute atomic E-state index is 0.0197. The summed E-state index contributed by atoms with van der Waals surface area (Å²) in [6.45, 7) is 2.58. The van der Waals surface area contributed by atoms with E-state index in [2.05, 4.69) is 20.5 Å². The number of likely N-dealkylation sites (tertiary alicyclic amines) is 1. The van der Waals surface area contributed by atoms with E-state index in [1.807, 2.05) is 11.8 Å². The Labute approximate surface area is 162 Å². The fraction of sp³-hybridized carbons (Fsp3) is 0.579. The predicted molar refractivity (Wildman–Crippen MR) is 103 cm³/mol. The molecule has 1 saturated carbocycles. The Morgan fingerprint density at radius 3 is 2.74 bits per heavy atom. The van der Waals surface area contributed by atoms with Gasteiger partial charge in [-0.2, -0.15) is 5.10 Å². The van der Waals surface area contributed by atoms with E-state index >= 15 is 0 Å². The number of aromatic nitrogens is 3. The third-order valence-electron chi connectivity index (χ3n) is 5.58. The highest BCUT2D eigenvalue weighted by atomic mass is 32.1. The summed E-state index contributed by atoms with van der Waals surface area (Å²) in [6.07, 6.45) is 7.35. The number of piperidine rings is 1. The van der Waals surface area contributed by atoms with Crippen LogP contribution in [0.5, 0.6) is 0 Å². The Balaban J connectivity index is 1.50. The second kappa shape index (κ2) is 7.80. The SMILES string of the molecule is Cc1ncsc1C(=O)N1CCCC[C@@H]1c1cc(C(=O)NC2CCCC2)n[nH]1. The minimum Gasteiger partial charge on any atom is -0.348 e. The van der Waals surface area contributed by atoms with Gasteiger partial charge in [-0.25, -0.2) is 4.98 Å². The first-order valence-electron chi connectivity index (χ1n) is 9.70. The molecule has 0 spiro atoms. The van der Waals surface area contributed by atoms with Crippen molar-refractivity contribution in [3.63, 3.8) is 0 Å². The molecule has 2 fully saturated rings. The summed E-state index contributed by atoms with van der Waals surface area (Å²) >= 11 is 1.38. The van der Waals surface area contributed by atoms with E-state index < -0.39 is 0 Å². The number of hydrogen-bond donors (Lipinski definition) is 2. The number of hydrogen-bond acceptors (Lipinski definition) is 5. The van der Waals surface area contributed by atoms with Crippen LogP contribution in [0.1, 0.15) is 82.5 Å². The number of aromatic amines is 1. The second-order valence-electron chi connectivity index (χ2n) is 7.44. The molecule has 8 heteroatoms. The fourth-order valence-corrected chi connectivity index (χ4v) is 4.85. The molecule has 0 radical (unpaired) electrons. The number of carbonyl (C=O) groups excluding carboxylic acids is 2. The topological polar surface area (TPSA) is 91.0 Å². The highest BCUT2D eigenvalue weighted by Gasteiger charge is 2.32. The smallest absolute Gasteiger partial charge is 0.271 e. The van der Waals surface area contributed by atoms with Gasteiger partial charge in [0, 0.05) is 12.6 Å². The highest BCUT2D eigenvalue weighted by Crippen LogP contribution is 2.32. The molecule has 2 aromatic heterocycles. The Morgan fingerprint density at radius 1 is 1.22 bits per heavy atom. The van der Waals surface area contributed by atoms with Gasteiger partial charge in [0.1, 0.15) is 10.6 Å². The zero-order chi connectivity index (χ0) is 18.8. The van der Waals surface area contributed by atoms with Crippen molar-refractivity contribution in [2.75, 3.05) is 6.54 Å². The summed E-state index contributed by atoms with van der Waals surface area (Å²) in [5.74, 6) is -0.109. The summed E-state index contributed by atoms with van der Waals surface area (Å²) < 4.78 is 0. The van der Waals surface area contributed by atoms with Gasteiger partial charge in [-0.05, 0) is 45.1 Å². The average Bonchev–Trinajstić information content (AvgIpc) is 3.43. The third kappa shape index (κ3) is 3.76. The van der Waals surface area contributed by atoms with Gasteiger partial charge in [0.2, 0.25) is 0 Å². The van der Waals surface area contributed by atoms with Gasteiger partial charge in [-0.15, -0.1) is 11.3 Å². The molecular formula is C19H25N5O2S. The highest BCUT2D eigenvalue weighted by molar-refractivity contribution is 7.11. The average molecular weight is 388 g/mol. The number of rotatable bonds is 4. The molecular weight excluding hydrogens is 362 g/mol. The number of amides is 2. The molecule has 4 rings (SSSR count). The first-order chi connectivity index (χ1) is 13.1. The molecule has 1 saturated heterocycles. The number of thiazole rings is 1. The first kappa shape index (κ1) is 18.2. The van der Waals surface area contributed by atoms with E-state index in [0.29, 0.717) is 17.1 Å². The normalized spacial score (nSPS) is 20.8. The van der Waals surface area contributed by atoms with Crippen molar-refractivity contribution in [1.82, 2.24) is 25.4 Å². The van der Waals surface area contributed by atoms with Crippen LogP contribution >= 0.6 is 11.3 Å². The van der Waals surface area contributed by atoms with Crippen LogP contribution in [0.25, 0.3) is 0 Å². The lowest BCUT2D eigenvalue weighted by atomic mass is 9.98. The lowest BCUT2D eigenvalue weighted by molar-refractivity contribution is 0.0610. The Hall–Kier alpha value is -2.22. The summed E-state index contributed by atoms with van der Waals surface area (Å²) in [5.41, 5.74) is 3.73. The van der Waals surface area contributed by atoms with Gasteiger partial charge in [-0.3, -0.25) is 14.7 Å². The van der Waals surface area contributed by atoms with Crippen LogP contribution in [0.3, 0.4) is 0 Å². The molecule has 1 aliphatic heterocycles. The zero-order valence-corrected chi connectivity index (χ0v) is 16.3. The molecule has 27 heavy (non-hydrogen) atoms. The van der Waals surface area contributed by atoms with Crippen LogP contribution in [-0.4, -0.2) is 44.5 Å². The maximum absolute atomic E-state index is 13.0. The van der Waals surface area contributed by atoms with Crippen molar-refractivity contribution >= 4 is 23.2 Å². The van der Waals surface area contributed by atoms with Gasteiger partial charge >= 0.3 is 0 Å². The molecule has 1 atom stereocenters. The van der Waals surface area contributed by atoms with Gasteiger partial charge in [-0.1, -0.05) is 12.8 Å². The quantitative estimate of drug-likeness (QED) is 0.843. The summed E-state index contributed by atoms with van der Waals surface area (Å²) in [5, 5.41) is 10.3. The molecule has 0 bridgehead atoms. The van der Waals surface area contributed by atoms with Gasteiger partial charge in [0.25, 0.3) is 11.8 Å². The first-order valence-corrected chi connectivity index (χ1v) is 10.6. The largest absolute Gasteiger partial charge is 0.348 e. The van der Waals surface area contributed by atoms with Crippen LogP contribution in [0.4, 0.5) is 0 Å². The Bertz CT molecular complexity index is 824. The molecule has 2 amide bonds. The van der Waals surface area contributed by atoms with Gasteiger partial charge in [0.05, 0.1) is 22.9 Å². The lowest BCUT2D eigenvalue weighted by Crippen LogP contribution is -2.38. The van der Waals surface area contributed by atoms with Crippen LogP contribution in [0, 0.1) is 6.92 Å². The van der Waals surface area contributed by atoms with Crippen molar-refractivity contribution < 1.29 is 9.59 Å². The molecule has 7 nitrogen and oxygen atoms in total. The van der Waals surface area contributed by atoms with Gasteiger partial charge < -0.3 is 10.2 Å². The summed E-state index contributed by atoms with van der Waals surface area (Å²) in [4.78, 5) is 32.3. The molecule has 1 aliphatic carbocycles. The lowest BCUT2D eigenvalue weighted by Gasteiger charge is -2.34. The van der Waals surface area contributed by atoms with Crippen molar-refractivity contribution in [2.24, 2.45) is 0 Å². The molecule has 2 aliphatic rings. The van der Waals surface area contributed by atoms with E-state index in [1.165, 1.54) is 24.2 Å². The maximum Gasteiger partial charge on any atom is 0.271 e. The monoisotopic (exact) mass is 387 g/mol. The predicted octanol–water partition coefficient (Wildman–Crippen LogP) is 3.21. The maximum atomic E-state index is 13.0. The summed E-state index contributed by atoms with van der Waals surface area (Å²) in [6, 6.07) is 1.99. The van der Waals surface area contributed by atoms with Gasteiger partial charge in [0.15, 0.2) is 0 Å². The number of aryl methyl sites for hydroxylation is 1. The molecule has 0 unspecified atom stereocenters. The Kier molecular flexibility index (Phi) is 5.24. The molecule has 3 heterocycles. The third-order valence-corrected chi connectivity index (χ3v) is 6.50. The van der Waals surface area contributed by atoms with E-state index in [4.69, 9.17) is 0 Å². The molecule has 2 aromatic rings. The van der Waals surface area contributed by atoms with E-state index in [1.54, 1.807) is 11.6 Å². The van der Waals surface area contributed by atoms with Crippen LogP contribution in [-0.2, 0) is 0 Å². The number of carbonyl (C=O) groups is 2. The van der Waals surface area contributed by atoms with E-state index in [0.717, 1.165) is 43.5 Å². The van der Waals surface area contributed by atoms with Crippen LogP contribution in [0.2, 0.25) is 0 Å². The van der Waals surface area contributed by atoms with Crippen molar-refractivity contribution in [2.45, 2.75) is 64.0 Å². The molecule has 0 aromatic carbocycles. The zero-order valence-electron chi connectivity index (χ0n) is 15.5. The number of nitrogens with one attached hydrogen (secondary N) is 2. The minimum atomic E-state index is -0.128. The van der Waals surface area contributed by atoms with Crippen LogP contribution < -0.4 is 5.32 Å². The Morgan fingerprint density at radius 2 is 2.00 bits per heavy atom. The number of nitrogens with zero attached hydrogens (tertiary/aromatic N) is 3. The standard InChI is InChI=1S/C19H25N5O2S/c1-12-17(27-11-20-12)19(26)24-9-5-4-8-16(24)14-10-15(23-22-14)18(25)21-13-6-2-3-7-13/h10-11,13,16H,2-9H2,1H3,(H,21,25)(H,22,23)/t16-/m1/s1. The number of H-pyrrole nitrogens is 1. The van der Waals surface area contributed by atoms with Crippen molar-refractivity contribution in [3.05, 3.63) is 33.5 Å². The van der Waals surface area contributed by atoms with E-state index in [-0.39, 0.29) is 23.9 Å². The van der Waals surface area contributed by atoms with Crippen molar-refractivity contribution in [1.29, 1.82) is 0 Å². The van der Waals surface area contributed by atoms with Crippen LogP contribution in [0.15, 0.2) is 11.6 Å². The molecule has 144 valence electrons.